The molecule has 0 saturated heterocycles. The first-order valence-corrected chi connectivity index (χ1v) is 10.7. The lowest BCUT2D eigenvalue weighted by Gasteiger charge is -2.30. The smallest absolute Gasteiger partial charge is 0.261 e. The van der Waals surface area contributed by atoms with Crippen molar-refractivity contribution in [3.63, 3.8) is 0 Å². The molecule has 2 rings (SSSR count). The van der Waals surface area contributed by atoms with Gasteiger partial charge in [0.15, 0.2) is 6.61 Å². The second-order valence-corrected chi connectivity index (χ2v) is 7.94. The van der Waals surface area contributed by atoms with Crippen LogP contribution in [-0.4, -0.2) is 35.9 Å². The zero-order valence-electron chi connectivity index (χ0n) is 17.8. The van der Waals surface area contributed by atoms with Crippen molar-refractivity contribution in [1.82, 2.24) is 10.2 Å². The lowest BCUT2D eigenvalue weighted by Crippen LogP contribution is -2.50. The molecule has 1 N–H and O–H groups in total. The van der Waals surface area contributed by atoms with E-state index in [0.717, 1.165) is 16.7 Å². The van der Waals surface area contributed by atoms with Crippen molar-refractivity contribution in [3.05, 3.63) is 63.1 Å². The van der Waals surface area contributed by atoms with Crippen LogP contribution in [0.1, 0.15) is 37.0 Å². The van der Waals surface area contributed by atoms with Crippen LogP contribution in [0.3, 0.4) is 0 Å². The van der Waals surface area contributed by atoms with E-state index >= 15 is 0 Å². The molecule has 0 bridgehead atoms. The Balaban J connectivity index is 2.22. The first kappa shape index (κ1) is 24.0. The zero-order chi connectivity index (χ0) is 22.3. The van der Waals surface area contributed by atoms with E-state index in [1.165, 1.54) is 0 Å². The molecule has 0 aliphatic rings. The number of aryl methyl sites for hydroxylation is 2. The Labute approximate surface area is 188 Å². The predicted molar refractivity (Wildman–Crippen MR) is 121 cm³/mol. The lowest BCUT2D eigenvalue weighted by molar-refractivity contribution is -0.142. The van der Waals surface area contributed by atoms with Gasteiger partial charge in [0, 0.05) is 23.1 Å². The highest BCUT2D eigenvalue weighted by molar-refractivity contribution is 6.32. The molecular weight excluding hydrogens is 423 g/mol. The van der Waals surface area contributed by atoms with E-state index in [-0.39, 0.29) is 25.0 Å². The number of hydrogen-bond donors (Lipinski definition) is 1. The highest BCUT2D eigenvalue weighted by Gasteiger charge is 2.28. The summed E-state index contributed by atoms with van der Waals surface area (Å²) in [6.45, 7) is 8.12. The van der Waals surface area contributed by atoms with Crippen LogP contribution in [0.4, 0.5) is 0 Å². The summed E-state index contributed by atoms with van der Waals surface area (Å²) >= 11 is 12.2. The first-order valence-electron chi connectivity index (χ1n) is 9.97. The molecule has 2 aromatic carbocycles. The van der Waals surface area contributed by atoms with E-state index in [4.69, 9.17) is 27.9 Å². The van der Waals surface area contributed by atoms with Crippen LogP contribution in [0.5, 0.6) is 5.75 Å². The van der Waals surface area contributed by atoms with Gasteiger partial charge in [-0.2, -0.15) is 0 Å². The molecule has 0 heterocycles. The summed E-state index contributed by atoms with van der Waals surface area (Å²) in [4.78, 5) is 27.2. The number of nitrogens with one attached hydrogen (secondary N) is 1. The molecule has 0 radical (unpaired) electrons. The van der Waals surface area contributed by atoms with E-state index in [9.17, 15) is 9.59 Å². The van der Waals surface area contributed by atoms with Crippen LogP contribution < -0.4 is 10.1 Å². The quantitative estimate of drug-likeness (QED) is 0.588. The van der Waals surface area contributed by atoms with Crippen LogP contribution >= 0.6 is 23.2 Å². The highest BCUT2D eigenvalue weighted by atomic mass is 35.5. The van der Waals surface area contributed by atoms with Crippen LogP contribution in [0.15, 0.2) is 36.4 Å². The number of ether oxygens (including phenoxy) is 1. The minimum Gasteiger partial charge on any atom is -0.484 e. The number of likely N-dealkylation sites (N-methyl/N-ethyl adjacent to an activating group) is 1. The maximum Gasteiger partial charge on any atom is 0.261 e. The van der Waals surface area contributed by atoms with Crippen molar-refractivity contribution in [2.24, 2.45) is 0 Å². The minimum absolute atomic E-state index is 0.177. The van der Waals surface area contributed by atoms with Gasteiger partial charge in [-0.1, -0.05) is 42.3 Å². The summed E-state index contributed by atoms with van der Waals surface area (Å²) in [5.74, 6) is 0.119. The van der Waals surface area contributed by atoms with Gasteiger partial charge in [-0.05, 0) is 68.1 Å². The molecule has 0 saturated carbocycles. The fraction of sp³-hybridized carbons (Fsp3) is 0.391. The summed E-state index contributed by atoms with van der Waals surface area (Å²) in [6.07, 6.45) is 0.490. The van der Waals surface area contributed by atoms with Crippen molar-refractivity contribution in [3.8, 4) is 5.75 Å². The average molecular weight is 451 g/mol. The molecule has 0 aromatic heterocycles. The molecule has 0 fully saturated rings. The summed E-state index contributed by atoms with van der Waals surface area (Å²) < 4.78 is 5.75. The number of carbonyl (C=O) groups is 2. The SMILES string of the molecule is CCNC(=O)[C@H](CC)N(Cc1ccc(Cl)cc1)C(=O)COc1cc(C)c(Cl)c(C)c1. The molecule has 5 nitrogen and oxygen atoms in total. The third-order valence-corrected chi connectivity index (χ3v) is 5.62. The molecule has 0 unspecified atom stereocenters. The summed E-state index contributed by atoms with van der Waals surface area (Å²) in [7, 11) is 0. The summed E-state index contributed by atoms with van der Waals surface area (Å²) in [6, 6.07) is 10.2. The van der Waals surface area contributed by atoms with E-state index in [1.807, 2.05) is 39.8 Å². The first-order chi connectivity index (χ1) is 14.3. The van der Waals surface area contributed by atoms with Gasteiger partial charge in [-0.3, -0.25) is 9.59 Å². The molecule has 0 aliphatic heterocycles. The van der Waals surface area contributed by atoms with Crippen LogP contribution in [0, 0.1) is 13.8 Å². The fourth-order valence-corrected chi connectivity index (χ4v) is 3.45. The van der Waals surface area contributed by atoms with Gasteiger partial charge in [-0.15, -0.1) is 0 Å². The molecule has 1 atom stereocenters. The molecular formula is C23H28Cl2N2O3. The second-order valence-electron chi connectivity index (χ2n) is 7.13. The molecule has 162 valence electrons. The third-order valence-electron chi connectivity index (χ3n) is 4.78. The molecule has 2 aromatic rings. The molecule has 0 aliphatic carbocycles. The van der Waals surface area contributed by atoms with E-state index in [1.54, 1.807) is 29.2 Å². The Hall–Kier alpha value is -2.24. The Kier molecular flexibility index (Phi) is 9.00. The van der Waals surface area contributed by atoms with Gasteiger partial charge in [0.25, 0.3) is 5.91 Å². The maximum atomic E-state index is 13.1. The largest absolute Gasteiger partial charge is 0.484 e. The summed E-state index contributed by atoms with van der Waals surface area (Å²) in [5.41, 5.74) is 2.64. The highest BCUT2D eigenvalue weighted by Crippen LogP contribution is 2.26. The van der Waals surface area contributed by atoms with Crippen LogP contribution in [0.2, 0.25) is 10.0 Å². The molecule has 0 spiro atoms. The fourth-order valence-electron chi connectivity index (χ4n) is 3.22. The van der Waals surface area contributed by atoms with E-state index in [2.05, 4.69) is 5.32 Å². The normalized spacial score (nSPS) is 11.7. The van der Waals surface area contributed by atoms with Gasteiger partial charge in [0.2, 0.25) is 5.91 Å². The summed E-state index contributed by atoms with van der Waals surface area (Å²) in [5, 5.41) is 4.11. The van der Waals surface area contributed by atoms with E-state index < -0.39 is 6.04 Å². The molecule has 2 amide bonds. The number of carbonyl (C=O) groups excluding carboxylic acids is 2. The molecule has 30 heavy (non-hydrogen) atoms. The van der Waals surface area contributed by atoms with Gasteiger partial charge in [0.05, 0.1) is 0 Å². The standard InChI is InChI=1S/C23H28Cl2N2O3/c1-5-20(23(29)26-6-2)27(13-17-7-9-18(24)10-8-17)21(28)14-30-19-11-15(3)22(25)16(4)12-19/h7-12,20H,5-6,13-14H2,1-4H3,(H,26,29)/t20-/m0/s1. The van der Waals surface area contributed by atoms with Crippen LogP contribution in [0.25, 0.3) is 0 Å². The number of nitrogens with zero attached hydrogens (tertiary/aromatic N) is 1. The van der Waals surface area contributed by atoms with Gasteiger partial charge in [0.1, 0.15) is 11.8 Å². The number of rotatable bonds is 9. The van der Waals surface area contributed by atoms with E-state index in [0.29, 0.717) is 28.8 Å². The molecule has 7 heteroatoms. The Morgan fingerprint density at radius 2 is 1.67 bits per heavy atom. The second kappa shape index (κ2) is 11.2. The zero-order valence-corrected chi connectivity index (χ0v) is 19.3. The Bertz CT molecular complexity index is 862. The number of hydrogen-bond acceptors (Lipinski definition) is 3. The van der Waals surface area contributed by atoms with Crippen LogP contribution in [-0.2, 0) is 16.1 Å². The number of benzene rings is 2. The van der Waals surface area contributed by atoms with Crippen molar-refractivity contribution in [2.75, 3.05) is 13.2 Å². The van der Waals surface area contributed by atoms with Gasteiger partial charge < -0.3 is 15.0 Å². The monoisotopic (exact) mass is 450 g/mol. The van der Waals surface area contributed by atoms with Crippen molar-refractivity contribution >= 4 is 35.0 Å². The number of halogens is 2. The number of amides is 2. The van der Waals surface area contributed by atoms with Crippen molar-refractivity contribution in [1.29, 1.82) is 0 Å². The minimum atomic E-state index is -0.592. The maximum absolute atomic E-state index is 13.1. The van der Waals surface area contributed by atoms with Gasteiger partial charge in [-0.25, -0.2) is 0 Å². The average Bonchev–Trinajstić information content (AvgIpc) is 2.71. The lowest BCUT2D eigenvalue weighted by atomic mass is 10.1. The third kappa shape index (κ3) is 6.38. The topological polar surface area (TPSA) is 58.6 Å². The van der Waals surface area contributed by atoms with Crippen molar-refractivity contribution < 1.29 is 14.3 Å². The Morgan fingerprint density at radius 1 is 1.07 bits per heavy atom. The van der Waals surface area contributed by atoms with Gasteiger partial charge >= 0.3 is 0 Å². The predicted octanol–water partition coefficient (Wildman–Crippen LogP) is 4.93. The van der Waals surface area contributed by atoms with Crippen molar-refractivity contribution in [2.45, 2.75) is 46.7 Å². The Morgan fingerprint density at radius 3 is 2.20 bits per heavy atom.